The number of likely N-dealkylation sites (tertiary alicyclic amines) is 1. The molecular formula is C22H30N2O3S2. The average Bonchev–Trinajstić information content (AvgIpc) is 3.09. The second-order valence-electron chi connectivity index (χ2n) is 8.37. The molecule has 0 N–H and O–H groups in total. The Labute approximate surface area is 178 Å². The van der Waals surface area contributed by atoms with Crippen LogP contribution < -0.4 is 4.74 Å². The first-order chi connectivity index (χ1) is 13.8. The minimum Gasteiger partial charge on any atom is -0.481 e. The molecule has 0 radical (unpaired) electrons. The molecule has 1 aromatic carbocycles. The summed E-state index contributed by atoms with van der Waals surface area (Å²) < 4.78 is 34.0. The largest absolute Gasteiger partial charge is 0.481 e. The van der Waals surface area contributed by atoms with E-state index < -0.39 is 10.0 Å². The highest BCUT2D eigenvalue weighted by Crippen LogP contribution is 2.36. The van der Waals surface area contributed by atoms with E-state index in [4.69, 9.17) is 4.74 Å². The molecule has 2 aliphatic rings. The van der Waals surface area contributed by atoms with Gasteiger partial charge in [0.2, 0.25) is 10.0 Å². The van der Waals surface area contributed by atoms with E-state index in [0.29, 0.717) is 24.0 Å². The molecule has 1 fully saturated rings. The van der Waals surface area contributed by atoms with E-state index in [1.165, 1.54) is 5.56 Å². The highest BCUT2D eigenvalue weighted by molar-refractivity contribution is 7.89. The summed E-state index contributed by atoms with van der Waals surface area (Å²) in [5.74, 6) is 0. The molecule has 0 atom stereocenters. The first-order valence-electron chi connectivity index (χ1n) is 10.4. The van der Waals surface area contributed by atoms with Crippen molar-refractivity contribution in [2.75, 3.05) is 19.6 Å². The molecule has 0 amide bonds. The third kappa shape index (κ3) is 4.53. The van der Waals surface area contributed by atoms with Gasteiger partial charge in [0.15, 0.2) is 5.06 Å². The van der Waals surface area contributed by atoms with Gasteiger partial charge in [-0.1, -0.05) is 12.1 Å². The van der Waals surface area contributed by atoms with E-state index in [0.717, 1.165) is 47.9 Å². The van der Waals surface area contributed by atoms with E-state index in [1.807, 2.05) is 13.0 Å². The number of rotatable bonds is 5. The quantitative estimate of drug-likeness (QED) is 0.712. The van der Waals surface area contributed by atoms with E-state index in [1.54, 1.807) is 33.8 Å². The fourth-order valence-electron chi connectivity index (χ4n) is 4.13. The maximum Gasteiger partial charge on any atom is 0.243 e. The number of nitrogens with zero attached hydrogens (tertiary/aromatic N) is 2. The number of aryl methyl sites for hydroxylation is 1. The van der Waals surface area contributed by atoms with Crippen molar-refractivity contribution in [2.24, 2.45) is 0 Å². The molecule has 2 aromatic rings. The van der Waals surface area contributed by atoms with E-state index in [-0.39, 0.29) is 6.10 Å². The zero-order chi connectivity index (χ0) is 20.6. The number of fused-ring (bicyclic) bond motifs is 1. The zero-order valence-electron chi connectivity index (χ0n) is 17.4. The van der Waals surface area contributed by atoms with Gasteiger partial charge in [-0.3, -0.25) is 0 Å². The SMILES string of the molecule is Cc1cccc(S(=O)(=O)N2CCc3cc(OC4CCN(C(C)C)CC4)sc3C2)c1. The normalized spacial score (nSPS) is 19.4. The molecule has 158 valence electrons. The lowest BCUT2D eigenvalue weighted by Crippen LogP contribution is -2.41. The number of ether oxygens (including phenoxy) is 1. The van der Waals surface area contributed by atoms with Crippen LogP contribution in [-0.2, 0) is 23.0 Å². The lowest BCUT2D eigenvalue weighted by atomic mass is 10.1. The first-order valence-corrected chi connectivity index (χ1v) is 12.7. The van der Waals surface area contributed by atoms with Crippen LogP contribution in [0.15, 0.2) is 35.2 Å². The third-order valence-electron chi connectivity index (χ3n) is 5.94. The number of benzene rings is 1. The Morgan fingerprint density at radius 1 is 1.14 bits per heavy atom. The van der Waals surface area contributed by atoms with Crippen LogP contribution in [-0.4, -0.2) is 49.4 Å². The first kappa shape index (κ1) is 20.8. The molecule has 5 nitrogen and oxygen atoms in total. The van der Waals surface area contributed by atoms with Crippen LogP contribution in [0.25, 0.3) is 0 Å². The summed E-state index contributed by atoms with van der Waals surface area (Å²) >= 11 is 1.61. The monoisotopic (exact) mass is 434 g/mol. The Balaban J connectivity index is 1.43. The smallest absolute Gasteiger partial charge is 0.243 e. The standard InChI is InChI=1S/C22H30N2O3S2/c1-16(2)23-10-8-19(9-11-23)27-22-14-18-7-12-24(15-21(18)28-22)29(25,26)20-6-4-5-17(3)13-20/h4-6,13-14,16,19H,7-12,15H2,1-3H3. The van der Waals surface area contributed by atoms with Crippen LogP contribution in [0.3, 0.4) is 0 Å². The molecular weight excluding hydrogens is 404 g/mol. The van der Waals surface area contributed by atoms with Gasteiger partial charge in [0.25, 0.3) is 0 Å². The van der Waals surface area contributed by atoms with E-state index in [9.17, 15) is 8.42 Å². The van der Waals surface area contributed by atoms with Gasteiger partial charge in [-0.25, -0.2) is 8.42 Å². The number of hydrogen-bond acceptors (Lipinski definition) is 5. The van der Waals surface area contributed by atoms with Gasteiger partial charge in [0.1, 0.15) is 6.10 Å². The van der Waals surface area contributed by atoms with Gasteiger partial charge in [0, 0.05) is 37.1 Å². The van der Waals surface area contributed by atoms with Gasteiger partial charge >= 0.3 is 0 Å². The van der Waals surface area contributed by atoms with Crippen molar-refractivity contribution in [3.8, 4) is 5.06 Å². The second kappa shape index (κ2) is 8.38. The molecule has 0 bridgehead atoms. The van der Waals surface area contributed by atoms with Crippen molar-refractivity contribution in [1.82, 2.24) is 9.21 Å². The fourth-order valence-corrected chi connectivity index (χ4v) is 6.87. The molecule has 1 aromatic heterocycles. The highest BCUT2D eigenvalue weighted by atomic mass is 32.2. The summed E-state index contributed by atoms with van der Waals surface area (Å²) in [5, 5.41) is 0.938. The fraction of sp³-hybridized carbons (Fsp3) is 0.545. The Kier molecular flexibility index (Phi) is 6.02. The predicted molar refractivity (Wildman–Crippen MR) is 117 cm³/mol. The van der Waals surface area contributed by atoms with Crippen molar-refractivity contribution in [2.45, 2.75) is 63.6 Å². The topological polar surface area (TPSA) is 49.9 Å². The summed E-state index contributed by atoms with van der Waals surface area (Å²) in [6, 6.07) is 9.88. The van der Waals surface area contributed by atoms with Crippen molar-refractivity contribution in [3.63, 3.8) is 0 Å². The average molecular weight is 435 g/mol. The summed E-state index contributed by atoms with van der Waals surface area (Å²) in [6.45, 7) is 9.52. The van der Waals surface area contributed by atoms with Crippen molar-refractivity contribution >= 4 is 21.4 Å². The van der Waals surface area contributed by atoms with Gasteiger partial charge in [-0.15, -0.1) is 11.3 Å². The van der Waals surface area contributed by atoms with Crippen LogP contribution in [0.1, 0.15) is 42.7 Å². The molecule has 2 aliphatic heterocycles. The third-order valence-corrected chi connectivity index (χ3v) is 8.84. The van der Waals surface area contributed by atoms with Crippen LogP contribution in [0.4, 0.5) is 0 Å². The van der Waals surface area contributed by atoms with Gasteiger partial charge in [0.05, 0.1) is 4.90 Å². The summed E-state index contributed by atoms with van der Waals surface area (Å²) in [7, 11) is -3.47. The Morgan fingerprint density at radius 2 is 1.90 bits per heavy atom. The number of piperidine rings is 1. The molecule has 0 saturated carbocycles. The Morgan fingerprint density at radius 3 is 2.59 bits per heavy atom. The van der Waals surface area contributed by atoms with Crippen LogP contribution in [0.2, 0.25) is 0 Å². The molecule has 29 heavy (non-hydrogen) atoms. The molecule has 3 heterocycles. The van der Waals surface area contributed by atoms with Crippen molar-refractivity contribution < 1.29 is 13.2 Å². The highest BCUT2D eigenvalue weighted by Gasteiger charge is 2.30. The van der Waals surface area contributed by atoms with Crippen LogP contribution >= 0.6 is 11.3 Å². The number of sulfonamides is 1. The zero-order valence-corrected chi connectivity index (χ0v) is 19.1. The van der Waals surface area contributed by atoms with Crippen LogP contribution in [0, 0.1) is 6.92 Å². The summed E-state index contributed by atoms with van der Waals surface area (Å²) in [6.07, 6.45) is 3.10. The van der Waals surface area contributed by atoms with E-state index >= 15 is 0 Å². The number of hydrogen-bond donors (Lipinski definition) is 0. The van der Waals surface area contributed by atoms with Gasteiger partial charge in [-0.05, 0) is 69.4 Å². The lowest BCUT2D eigenvalue weighted by Gasteiger charge is -2.34. The maximum absolute atomic E-state index is 13.1. The van der Waals surface area contributed by atoms with E-state index in [2.05, 4.69) is 24.8 Å². The molecule has 4 rings (SSSR count). The summed E-state index contributed by atoms with van der Waals surface area (Å²) in [4.78, 5) is 3.99. The lowest BCUT2D eigenvalue weighted by molar-refractivity contribution is 0.0868. The van der Waals surface area contributed by atoms with Gasteiger partial charge in [-0.2, -0.15) is 4.31 Å². The molecule has 1 saturated heterocycles. The van der Waals surface area contributed by atoms with Crippen molar-refractivity contribution in [3.05, 3.63) is 46.3 Å². The van der Waals surface area contributed by atoms with Crippen LogP contribution in [0.5, 0.6) is 5.06 Å². The Bertz CT molecular complexity index is 960. The van der Waals surface area contributed by atoms with Gasteiger partial charge < -0.3 is 9.64 Å². The predicted octanol–water partition coefficient (Wildman–Crippen LogP) is 4.06. The maximum atomic E-state index is 13.1. The summed E-state index contributed by atoms with van der Waals surface area (Å²) in [5.41, 5.74) is 2.19. The molecule has 7 heteroatoms. The second-order valence-corrected chi connectivity index (χ2v) is 11.4. The molecule has 0 spiro atoms. The Hall–Kier alpha value is -1.41. The molecule has 0 aliphatic carbocycles. The van der Waals surface area contributed by atoms with Crippen molar-refractivity contribution in [1.29, 1.82) is 0 Å². The minimum atomic E-state index is -3.47. The minimum absolute atomic E-state index is 0.261. The number of thiophene rings is 1. The molecule has 0 unspecified atom stereocenters.